The maximum absolute atomic E-state index is 11.9. The number of hydrogen-bond acceptors (Lipinski definition) is 4. The minimum absolute atomic E-state index is 0.0789. The van der Waals surface area contributed by atoms with Crippen molar-refractivity contribution in [1.29, 1.82) is 0 Å². The lowest BCUT2D eigenvalue weighted by Crippen LogP contribution is -2.55. The molecular weight excluding hydrogens is 244 g/mol. The third-order valence-corrected chi connectivity index (χ3v) is 5.27. The van der Waals surface area contributed by atoms with E-state index in [1.807, 2.05) is 6.08 Å². The molecule has 2 aliphatic rings. The van der Waals surface area contributed by atoms with Crippen LogP contribution in [0.25, 0.3) is 0 Å². The summed E-state index contributed by atoms with van der Waals surface area (Å²) in [5.41, 5.74) is -1.17. The highest BCUT2D eigenvalue weighted by Crippen LogP contribution is 2.53. The maximum atomic E-state index is 11.9. The van der Waals surface area contributed by atoms with Crippen LogP contribution in [0.4, 0.5) is 0 Å². The van der Waals surface area contributed by atoms with Crippen molar-refractivity contribution in [3.63, 3.8) is 0 Å². The number of allylic oxidation sites excluding steroid dienone is 1. The van der Waals surface area contributed by atoms with Crippen LogP contribution >= 0.6 is 0 Å². The third kappa shape index (κ3) is 2.16. The number of rotatable bonds is 2. The van der Waals surface area contributed by atoms with Crippen molar-refractivity contribution in [2.45, 2.75) is 51.7 Å². The Morgan fingerprint density at radius 2 is 2.11 bits per heavy atom. The Morgan fingerprint density at radius 1 is 1.47 bits per heavy atom. The van der Waals surface area contributed by atoms with E-state index in [4.69, 9.17) is 0 Å². The molecule has 0 saturated heterocycles. The van der Waals surface area contributed by atoms with Crippen LogP contribution in [0.5, 0.6) is 0 Å². The summed E-state index contributed by atoms with van der Waals surface area (Å²) in [5.74, 6) is -0.117. The highest BCUT2D eigenvalue weighted by atomic mass is 16.3. The molecule has 0 aromatic rings. The van der Waals surface area contributed by atoms with Crippen LogP contribution in [-0.2, 0) is 4.79 Å². The van der Waals surface area contributed by atoms with E-state index < -0.39 is 23.0 Å². The minimum Gasteiger partial charge on any atom is -0.393 e. The second-order valence-electron chi connectivity index (χ2n) is 6.58. The number of ketones is 1. The third-order valence-electron chi connectivity index (χ3n) is 5.27. The zero-order chi connectivity index (χ0) is 14.4. The fourth-order valence-corrected chi connectivity index (χ4v) is 3.75. The Labute approximate surface area is 114 Å². The van der Waals surface area contributed by atoms with Crippen LogP contribution in [0.2, 0.25) is 0 Å². The van der Waals surface area contributed by atoms with Crippen LogP contribution in [-0.4, -0.2) is 39.4 Å². The van der Waals surface area contributed by atoms with Gasteiger partial charge in [0.25, 0.3) is 0 Å². The molecule has 5 atom stereocenters. The van der Waals surface area contributed by atoms with Gasteiger partial charge < -0.3 is 15.3 Å². The van der Waals surface area contributed by atoms with E-state index >= 15 is 0 Å². The molecule has 3 N–H and O–H groups in total. The van der Waals surface area contributed by atoms with Crippen molar-refractivity contribution < 1.29 is 20.1 Å². The molecule has 1 spiro atoms. The highest BCUT2D eigenvalue weighted by molar-refractivity contribution is 5.98. The van der Waals surface area contributed by atoms with E-state index in [-0.39, 0.29) is 18.3 Å². The fraction of sp³-hybridized carbons (Fsp3) is 0.800. The predicted octanol–water partition coefficient (Wildman–Crippen LogP) is 1.04. The summed E-state index contributed by atoms with van der Waals surface area (Å²) in [6.45, 7) is 5.01. The van der Waals surface area contributed by atoms with Crippen LogP contribution in [0.15, 0.2) is 11.6 Å². The predicted molar refractivity (Wildman–Crippen MR) is 71.4 cm³/mol. The number of hydrogen-bond donors (Lipinski definition) is 3. The summed E-state index contributed by atoms with van der Waals surface area (Å²) in [7, 11) is 0. The average molecular weight is 268 g/mol. The van der Waals surface area contributed by atoms with E-state index in [0.29, 0.717) is 18.4 Å². The van der Waals surface area contributed by atoms with E-state index in [9.17, 15) is 20.1 Å². The number of carbonyl (C=O) groups excluding carboxylic acids is 1. The second-order valence-corrected chi connectivity index (χ2v) is 6.58. The molecule has 0 aliphatic heterocycles. The van der Waals surface area contributed by atoms with Gasteiger partial charge in [-0.1, -0.05) is 13.0 Å². The van der Waals surface area contributed by atoms with Gasteiger partial charge in [-0.05, 0) is 38.2 Å². The van der Waals surface area contributed by atoms with Gasteiger partial charge >= 0.3 is 0 Å². The first kappa shape index (κ1) is 14.7. The van der Waals surface area contributed by atoms with Crippen LogP contribution in [0, 0.1) is 17.3 Å². The van der Waals surface area contributed by atoms with Crippen molar-refractivity contribution in [2.75, 3.05) is 6.61 Å². The number of aliphatic hydroxyl groups excluding tert-OH is 2. The average Bonchev–Trinajstić information content (AvgIpc) is 2.64. The number of Topliss-reactive ketones (excluding diaryl/α,β-unsaturated/α-hetero) is 1. The van der Waals surface area contributed by atoms with Gasteiger partial charge in [0, 0.05) is 17.8 Å². The van der Waals surface area contributed by atoms with Crippen LogP contribution < -0.4 is 0 Å². The summed E-state index contributed by atoms with van der Waals surface area (Å²) in [6.07, 6.45) is 2.93. The number of carbonyl (C=O) groups is 1. The van der Waals surface area contributed by atoms with E-state index in [2.05, 4.69) is 6.92 Å². The molecule has 4 nitrogen and oxygen atoms in total. The van der Waals surface area contributed by atoms with Gasteiger partial charge in [0.1, 0.15) is 0 Å². The zero-order valence-corrected chi connectivity index (χ0v) is 11.9. The lowest BCUT2D eigenvalue weighted by Gasteiger charge is -2.50. The Kier molecular flexibility index (Phi) is 3.62. The SMILES string of the molecule is CC1=C[C@]2(CC1=O)[C@H](C)CC[C@@H](C(C)(O)CO)[C@H]2O. The Hall–Kier alpha value is -0.710. The highest BCUT2D eigenvalue weighted by Gasteiger charge is 2.55. The van der Waals surface area contributed by atoms with Gasteiger partial charge in [0.2, 0.25) is 0 Å². The molecule has 1 unspecified atom stereocenters. The van der Waals surface area contributed by atoms with Crippen LogP contribution in [0.1, 0.15) is 40.0 Å². The van der Waals surface area contributed by atoms with Gasteiger partial charge in [-0.15, -0.1) is 0 Å². The van der Waals surface area contributed by atoms with Crippen LogP contribution in [0.3, 0.4) is 0 Å². The molecule has 0 aromatic carbocycles. The molecule has 4 heteroatoms. The lowest BCUT2D eigenvalue weighted by molar-refractivity contribution is -0.151. The maximum Gasteiger partial charge on any atom is 0.159 e. The minimum atomic E-state index is -1.31. The Balaban J connectivity index is 2.36. The molecule has 1 fully saturated rings. The molecule has 0 amide bonds. The molecule has 0 aromatic heterocycles. The van der Waals surface area contributed by atoms with E-state index in [1.54, 1.807) is 13.8 Å². The quantitative estimate of drug-likeness (QED) is 0.699. The summed E-state index contributed by atoms with van der Waals surface area (Å²) in [6, 6.07) is 0. The van der Waals surface area contributed by atoms with Crippen molar-refractivity contribution in [1.82, 2.24) is 0 Å². The van der Waals surface area contributed by atoms with Crippen molar-refractivity contribution in [3.05, 3.63) is 11.6 Å². The zero-order valence-electron chi connectivity index (χ0n) is 11.9. The molecule has 0 heterocycles. The first-order valence-corrected chi connectivity index (χ1v) is 6.98. The normalized spacial score (nSPS) is 42.3. The van der Waals surface area contributed by atoms with Crippen molar-refractivity contribution in [3.8, 4) is 0 Å². The topological polar surface area (TPSA) is 77.8 Å². The molecule has 0 bridgehead atoms. The van der Waals surface area contributed by atoms with Gasteiger partial charge in [-0.3, -0.25) is 4.79 Å². The summed E-state index contributed by atoms with van der Waals surface area (Å²) >= 11 is 0. The first-order valence-electron chi connectivity index (χ1n) is 6.98. The van der Waals surface area contributed by atoms with E-state index in [0.717, 1.165) is 6.42 Å². The Morgan fingerprint density at radius 3 is 2.58 bits per heavy atom. The Bertz CT molecular complexity index is 412. The summed E-state index contributed by atoms with van der Waals surface area (Å²) < 4.78 is 0. The molecule has 2 rings (SSSR count). The van der Waals surface area contributed by atoms with Crippen molar-refractivity contribution in [2.24, 2.45) is 17.3 Å². The monoisotopic (exact) mass is 268 g/mol. The largest absolute Gasteiger partial charge is 0.393 e. The van der Waals surface area contributed by atoms with E-state index in [1.165, 1.54) is 0 Å². The fourth-order valence-electron chi connectivity index (χ4n) is 3.75. The molecule has 19 heavy (non-hydrogen) atoms. The first-order chi connectivity index (χ1) is 8.74. The molecule has 2 aliphatic carbocycles. The second kappa shape index (κ2) is 4.69. The number of aliphatic hydroxyl groups is 3. The molecular formula is C15H24O4. The summed E-state index contributed by atoms with van der Waals surface area (Å²) in [4.78, 5) is 11.9. The lowest BCUT2D eigenvalue weighted by atomic mass is 9.58. The van der Waals surface area contributed by atoms with Crippen molar-refractivity contribution >= 4 is 5.78 Å². The van der Waals surface area contributed by atoms with Gasteiger partial charge in [-0.2, -0.15) is 0 Å². The van der Waals surface area contributed by atoms with Gasteiger partial charge in [0.05, 0.1) is 18.3 Å². The molecule has 1 saturated carbocycles. The standard InChI is InChI=1S/C15H24O4/c1-9-6-15(7-12(9)17)10(2)4-5-11(13(15)18)14(3,19)8-16/h6,10-11,13,16,18-19H,4-5,7-8H2,1-3H3/t10-,11-,13-,14?,15+/m1/s1. The molecule has 108 valence electrons. The summed E-state index contributed by atoms with van der Waals surface area (Å²) in [5, 5.41) is 30.3. The molecule has 0 radical (unpaired) electrons. The van der Waals surface area contributed by atoms with Gasteiger partial charge in [0.15, 0.2) is 5.78 Å². The van der Waals surface area contributed by atoms with Gasteiger partial charge in [-0.25, -0.2) is 0 Å². The smallest absolute Gasteiger partial charge is 0.159 e.